The molecule has 1 saturated carbocycles. The lowest BCUT2D eigenvalue weighted by atomic mass is 9.96. The van der Waals surface area contributed by atoms with Crippen molar-refractivity contribution in [2.45, 2.75) is 56.9 Å². The average Bonchev–Trinajstić information content (AvgIpc) is 2.51. The number of hydrogen-bond donors (Lipinski definition) is 0. The van der Waals surface area contributed by atoms with E-state index in [1.807, 2.05) is 13.8 Å². The van der Waals surface area contributed by atoms with E-state index in [2.05, 4.69) is 0 Å². The van der Waals surface area contributed by atoms with Gasteiger partial charge < -0.3 is 4.74 Å². The number of benzene rings is 1. The molecule has 1 aliphatic carbocycles. The number of ether oxygens (including phenoxy) is 1. The van der Waals surface area contributed by atoms with Crippen molar-refractivity contribution < 1.29 is 13.2 Å². The predicted octanol–water partition coefficient (Wildman–Crippen LogP) is 4.00. The Hall–Kier alpha value is -0.780. The molecule has 1 aromatic rings. The van der Waals surface area contributed by atoms with Gasteiger partial charge >= 0.3 is 0 Å². The van der Waals surface area contributed by atoms with Crippen molar-refractivity contribution in [1.29, 1.82) is 0 Å². The van der Waals surface area contributed by atoms with E-state index in [9.17, 15) is 8.42 Å². The molecule has 6 heteroatoms. The molecule has 0 atom stereocenters. The smallest absolute Gasteiger partial charge is 0.246 e. The average molecular weight is 346 g/mol. The van der Waals surface area contributed by atoms with Gasteiger partial charge in [0.25, 0.3) is 0 Å². The van der Waals surface area contributed by atoms with Gasteiger partial charge in [-0.1, -0.05) is 30.9 Å². The lowest BCUT2D eigenvalue weighted by molar-refractivity contribution is 0.283. The van der Waals surface area contributed by atoms with E-state index in [0.717, 1.165) is 31.2 Å². The number of sulfonamides is 1. The zero-order chi connectivity index (χ0) is 16.3. The van der Waals surface area contributed by atoms with E-state index in [1.165, 1.54) is 16.8 Å². The summed E-state index contributed by atoms with van der Waals surface area (Å²) in [6.07, 6.45) is 5.18. The Labute approximate surface area is 138 Å². The molecule has 0 heterocycles. The van der Waals surface area contributed by atoms with Crippen LogP contribution in [0.2, 0.25) is 5.02 Å². The predicted molar refractivity (Wildman–Crippen MR) is 89.2 cm³/mol. The van der Waals surface area contributed by atoms with Gasteiger partial charge in [0, 0.05) is 18.1 Å². The van der Waals surface area contributed by atoms with E-state index in [1.54, 1.807) is 13.1 Å². The molecule has 0 amide bonds. The fraction of sp³-hybridized carbons (Fsp3) is 0.625. The molecule has 1 aromatic carbocycles. The van der Waals surface area contributed by atoms with Gasteiger partial charge in [-0.25, -0.2) is 8.42 Å². The molecule has 0 bridgehead atoms. The fourth-order valence-electron chi connectivity index (χ4n) is 2.90. The van der Waals surface area contributed by atoms with Crippen LogP contribution in [0, 0.1) is 6.92 Å². The van der Waals surface area contributed by atoms with Gasteiger partial charge in [0.1, 0.15) is 10.6 Å². The first-order valence-corrected chi connectivity index (χ1v) is 9.60. The minimum atomic E-state index is -3.61. The lowest BCUT2D eigenvalue weighted by Crippen LogP contribution is -2.38. The molecule has 4 nitrogen and oxygen atoms in total. The number of rotatable bonds is 5. The van der Waals surface area contributed by atoms with Crippen LogP contribution in [0.4, 0.5) is 0 Å². The summed E-state index contributed by atoms with van der Waals surface area (Å²) in [4.78, 5) is 0.165. The summed E-state index contributed by atoms with van der Waals surface area (Å²) in [5.74, 6) is 0.382. The molecule has 124 valence electrons. The molecule has 0 saturated heterocycles. The quantitative estimate of drug-likeness (QED) is 0.810. The minimum absolute atomic E-state index is 0.0632. The van der Waals surface area contributed by atoms with Crippen LogP contribution in [-0.2, 0) is 10.0 Å². The van der Waals surface area contributed by atoms with Crippen molar-refractivity contribution in [2.24, 2.45) is 0 Å². The van der Waals surface area contributed by atoms with Crippen LogP contribution in [0.1, 0.15) is 44.6 Å². The van der Waals surface area contributed by atoms with Gasteiger partial charge in [-0.05, 0) is 44.4 Å². The van der Waals surface area contributed by atoms with Crippen LogP contribution in [0.5, 0.6) is 5.75 Å². The van der Waals surface area contributed by atoms with E-state index in [0.29, 0.717) is 17.4 Å². The Balaban J connectivity index is 2.41. The van der Waals surface area contributed by atoms with Crippen molar-refractivity contribution in [3.63, 3.8) is 0 Å². The summed E-state index contributed by atoms with van der Waals surface area (Å²) in [6.45, 7) is 4.09. The van der Waals surface area contributed by atoms with Crippen molar-refractivity contribution in [1.82, 2.24) is 4.31 Å². The Bertz CT molecular complexity index is 625. The Morgan fingerprint density at radius 2 is 1.91 bits per heavy atom. The maximum atomic E-state index is 13.0. The zero-order valence-electron chi connectivity index (χ0n) is 13.4. The second-order valence-corrected chi connectivity index (χ2v) is 8.17. The summed E-state index contributed by atoms with van der Waals surface area (Å²) in [5, 5.41) is 0.444. The molecule has 1 fully saturated rings. The largest absolute Gasteiger partial charge is 0.492 e. The van der Waals surface area contributed by atoms with Gasteiger partial charge in [-0.2, -0.15) is 4.31 Å². The van der Waals surface area contributed by atoms with Crippen molar-refractivity contribution in [3.8, 4) is 5.75 Å². The summed E-state index contributed by atoms with van der Waals surface area (Å²) >= 11 is 6.14. The van der Waals surface area contributed by atoms with Crippen LogP contribution in [0.25, 0.3) is 0 Å². The number of halogens is 1. The lowest BCUT2D eigenvalue weighted by Gasteiger charge is -2.31. The Morgan fingerprint density at radius 1 is 1.27 bits per heavy atom. The van der Waals surface area contributed by atoms with Gasteiger partial charge in [0.2, 0.25) is 10.0 Å². The van der Waals surface area contributed by atoms with E-state index in [4.69, 9.17) is 16.3 Å². The maximum absolute atomic E-state index is 13.0. The summed E-state index contributed by atoms with van der Waals surface area (Å²) < 4.78 is 33.0. The van der Waals surface area contributed by atoms with E-state index < -0.39 is 10.0 Å². The van der Waals surface area contributed by atoms with E-state index in [-0.39, 0.29) is 10.9 Å². The zero-order valence-corrected chi connectivity index (χ0v) is 15.0. The number of hydrogen-bond acceptors (Lipinski definition) is 3. The molecule has 0 unspecified atom stereocenters. The molecular weight excluding hydrogens is 322 g/mol. The Kier molecular flexibility index (Phi) is 5.75. The summed E-state index contributed by atoms with van der Waals surface area (Å²) in [5.41, 5.74) is 0.810. The van der Waals surface area contributed by atoms with Crippen LogP contribution < -0.4 is 4.74 Å². The molecular formula is C16H24ClNO3S. The third kappa shape index (κ3) is 3.58. The highest BCUT2D eigenvalue weighted by Gasteiger charge is 2.31. The Morgan fingerprint density at radius 3 is 2.50 bits per heavy atom. The molecule has 0 N–H and O–H groups in total. The highest BCUT2D eigenvalue weighted by atomic mass is 35.5. The summed E-state index contributed by atoms with van der Waals surface area (Å²) in [6, 6.07) is 3.28. The van der Waals surface area contributed by atoms with Crippen molar-refractivity contribution in [2.75, 3.05) is 13.7 Å². The summed E-state index contributed by atoms with van der Waals surface area (Å²) in [7, 11) is -1.95. The second-order valence-electron chi connectivity index (χ2n) is 5.79. The highest BCUT2D eigenvalue weighted by molar-refractivity contribution is 7.89. The number of nitrogens with zero attached hydrogens (tertiary/aromatic N) is 1. The van der Waals surface area contributed by atoms with Crippen LogP contribution in [-0.4, -0.2) is 32.4 Å². The first kappa shape index (κ1) is 17.6. The van der Waals surface area contributed by atoms with Crippen molar-refractivity contribution in [3.05, 3.63) is 22.7 Å². The third-order valence-electron chi connectivity index (χ3n) is 4.27. The van der Waals surface area contributed by atoms with E-state index >= 15 is 0 Å². The molecule has 0 radical (unpaired) electrons. The molecule has 1 aliphatic rings. The van der Waals surface area contributed by atoms with Gasteiger partial charge in [-0.3, -0.25) is 0 Å². The first-order chi connectivity index (χ1) is 10.4. The van der Waals surface area contributed by atoms with Gasteiger partial charge in [0.05, 0.1) is 6.61 Å². The van der Waals surface area contributed by atoms with Crippen LogP contribution >= 0.6 is 11.6 Å². The second kappa shape index (κ2) is 7.20. The van der Waals surface area contributed by atoms with Gasteiger partial charge in [-0.15, -0.1) is 0 Å². The topological polar surface area (TPSA) is 46.6 Å². The van der Waals surface area contributed by atoms with Crippen molar-refractivity contribution >= 4 is 21.6 Å². The normalized spacial score (nSPS) is 17.0. The minimum Gasteiger partial charge on any atom is -0.492 e. The molecule has 0 spiro atoms. The highest BCUT2D eigenvalue weighted by Crippen LogP contribution is 2.34. The van der Waals surface area contributed by atoms with Crippen LogP contribution in [0.3, 0.4) is 0 Å². The monoisotopic (exact) mass is 345 g/mol. The fourth-order valence-corrected chi connectivity index (χ4v) is 4.68. The first-order valence-electron chi connectivity index (χ1n) is 7.79. The molecule has 0 aliphatic heterocycles. The van der Waals surface area contributed by atoms with Crippen LogP contribution in [0.15, 0.2) is 17.0 Å². The molecule has 2 rings (SSSR count). The molecule has 22 heavy (non-hydrogen) atoms. The standard InChI is InChI=1S/C16H24ClNO3S/c1-4-21-15-10-12(2)14(17)11-16(15)22(19,20)18(3)13-8-6-5-7-9-13/h10-11,13H,4-9H2,1-3H3. The molecule has 0 aromatic heterocycles. The van der Waals surface area contributed by atoms with Gasteiger partial charge in [0.15, 0.2) is 0 Å². The third-order valence-corrected chi connectivity index (χ3v) is 6.61. The number of aryl methyl sites for hydroxylation is 1. The SMILES string of the molecule is CCOc1cc(C)c(Cl)cc1S(=O)(=O)N(C)C1CCCCC1. The maximum Gasteiger partial charge on any atom is 0.246 e.